The van der Waals surface area contributed by atoms with Crippen LogP contribution in [0.1, 0.15) is 54.1 Å². The maximum Gasteiger partial charge on any atom is 0.258 e. The Hall–Kier alpha value is -2.92. The van der Waals surface area contributed by atoms with Crippen LogP contribution in [0.5, 0.6) is 0 Å². The average molecular weight is 457 g/mol. The maximum absolute atomic E-state index is 14.0. The first kappa shape index (κ1) is 21.9. The molecular weight excluding hydrogens is 428 g/mol. The average Bonchev–Trinajstić information content (AvgIpc) is 3.28. The summed E-state index contributed by atoms with van der Waals surface area (Å²) in [4.78, 5) is 31.9. The van der Waals surface area contributed by atoms with Gasteiger partial charge < -0.3 is 0 Å². The Kier molecular flexibility index (Phi) is 5.83. The Balaban J connectivity index is 1.63. The van der Waals surface area contributed by atoms with E-state index in [1.807, 2.05) is 43.3 Å². The molecule has 5 rings (SSSR count). The van der Waals surface area contributed by atoms with Crippen molar-refractivity contribution in [1.82, 2.24) is 9.55 Å². The monoisotopic (exact) mass is 456 g/mol. The van der Waals surface area contributed by atoms with Crippen LogP contribution in [-0.2, 0) is 18.4 Å². The van der Waals surface area contributed by atoms with Crippen LogP contribution in [0.4, 0.5) is 0 Å². The molecule has 1 fully saturated rings. The van der Waals surface area contributed by atoms with Crippen molar-refractivity contribution in [3.8, 4) is 11.3 Å². The molecule has 0 unspecified atom stereocenters. The van der Waals surface area contributed by atoms with Gasteiger partial charge in [-0.05, 0) is 31.7 Å². The zero-order valence-corrected chi connectivity index (χ0v) is 19.8. The molecule has 1 saturated carbocycles. The predicted octanol–water partition coefficient (Wildman–Crippen LogP) is 5.83. The summed E-state index contributed by atoms with van der Waals surface area (Å²) in [6.07, 6.45) is 5.24. The summed E-state index contributed by atoms with van der Waals surface area (Å²) >= 11 is 1.35. The Morgan fingerprint density at radius 1 is 1.09 bits per heavy atom. The number of nitrogens with zero attached hydrogens (tertiary/aromatic N) is 2. The Morgan fingerprint density at radius 2 is 1.79 bits per heavy atom. The highest BCUT2D eigenvalue weighted by molar-refractivity contribution is 7.99. The Bertz CT molecular complexity index is 1290. The topological polar surface area (TPSA) is 52.0 Å². The number of rotatable bonds is 6. The number of carbonyl (C=O) groups is 1. The molecule has 0 aliphatic heterocycles. The van der Waals surface area contributed by atoms with Crippen molar-refractivity contribution < 1.29 is 4.79 Å². The molecule has 0 amide bonds. The lowest BCUT2D eigenvalue weighted by molar-refractivity contribution is 0.102. The molecule has 5 heteroatoms. The van der Waals surface area contributed by atoms with E-state index in [2.05, 4.69) is 24.8 Å². The van der Waals surface area contributed by atoms with Crippen molar-refractivity contribution in [3.63, 3.8) is 0 Å². The number of Topliss-reactive ketones (excluding diaryl/α,β-unsaturated/α-hetero) is 1. The van der Waals surface area contributed by atoms with Crippen LogP contribution in [0, 0.1) is 0 Å². The van der Waals surface area contributed by atoms with Crippen molar-refractivity contribution in [2.75, 3.05) is 5.75 Å². The summed E-state index contributed by atoms with van der Waals surface area (Å²) < 4.78 is 1.75. The number of ketones is 1. The summed E-state index contributed by atoms with van der Waals surface area (Å²) in [5.41, 5.74) is 5.49. The van der Waals surface area contributed by atoms with Crippen molar-refractivity contribution in [1.29, 1.82) is 0 Å². The van der Waals surface area contributed by atoms with Gasteiger partial charge in [0, 0.05) is 23.1 Å². The minimum atomic E-state index is -0.131. The van der Waals surface area contributed by atoms with E-state index in [0.29, 0.717) is 17.3 Å². The number of hydrogen-bond donors (Lipinski definition) is 0. The first-order valence-corrected chi connectivity index (χ1v) is 12.6. The highest BCUT2D eigenvalue weighted by Gasteiger charge is 2.44. The number of thioether (sulfide) groups is 1. The highest BCUT2D eigenvalue weighted by Crippen LogP contribution is 2.50. The molecule has 0 saturated heterocycles. The van der Waals surface area contributed by atoms with Gasteiger partial charge in [0.2, 0.25) is 0 Å². The molecule has 0 atom stereocenters. The van der Waals surface area contributed by atoms with Crippen molar-refractivity contribution in [2.24, 2.45) is 0 Å². The first-order valence-electron chi connectivity index (χ1n) is 11.6. The van der Waals surface area contributed by atoms with Gasteiger partial charge in [0.25, 0.3) is 5.56 Å². The molecule has 4 nitrogen and oxygen atoms in total. The Labute approximate surface area is 198 Å². The van der Waals surface area contributed by atoms with Gasteiger partial charge in [0.05, 0.1) is 17.0 Å². The number of aromatic nitrogens is 2. The van der Waals surface area contributed by atoms with Crippen LogP contribution in [-0.4, -0.2) is 21.1 Å². The van der Waals surface area contributed by atoms with Gasteiger partial charge in [-0.15, -0.1) is 0 Å². The summed E-state index contributed by atoms with van der Waals surface area (Å²) in [7, 11) is 0. The molecule has 2 aliphatic rings. The number of allylic oxidation sites excluding steroid dienone is 1. The normalized spacial score (nSPS) is 15.8. The SMILES string of the molecule is C=C(C)Cn1c(SCC(=O)c2ccccc2)nc2c(c1=O)C1(CCCC1)Cc1ccccc1-2. The van der Waals surface area contributed by atoms with Gasteiger partial charge in [-0.2, -0.15) is 0 Å². The zero-order chi connectivity index (χ0) is 23.0. The number of carbonyl (C=O) groups excluding carboxylic acids is 1. The number of fused-ring (bicyclic) bond motifs is 4. The molecule has 1 spiro atoms. The summed E-state index contributed by atoms with van der Waals surface area (Å²) in [6.45, 7) is 6.39. The highest BCUT2D eigenvalue weighted by atomic mass is 32.2. The minimum absolute atomic E-state index is 0.0297. The van der Waals surface area contributed by atoms with Gasteiger partial charge in [-0.25, -0.2) is 4.98 Å². The third-order valence-corrected chi connectivity index (χ3v) is 7.86. The third kappa shape index (κ3) is 3.99. The van der Waals surface area contributed by atoms with E-state index in [9.17, 15) is 9.59 Å². The van der Waals surface area contributed by atoms with Crippen molar-refractivity contribution in [3.05, 3.63) is 93.8 Å². The lowest BCUT2D eigenvalue weighted by atomic mass is 9.68. The lowest BCUT2D eigenvalue weighted by Crippen LogP contribution is -2.40. The third-order valence-electron chi connectivity index (χ3n) is 6.88. The van der Waals surface area contributed by atoms with Crippen molar-refractivity contribution in [2.45, 2.75) is 56.1 Å². The van der Waals surface area contributed by atoms with E-state index in [0.717, 1.165) is 54.5 Å². The number of benzene rings is 2. The zero-order valence-electron chi connectivity index (χ0n) is 19.0. The maximum atomic E-state index is 14.0. The molecule has 0 N–H and O–H groups in total. The van der Waals surface area contributed by atoms with Crippen LogP contribution in [0.25, 0.3) is 11.3 Å². The fraction of sp³-hybridized carbons (Fsp3) is 0.321. The van der Waals surface area contributed by atoms with E-state index < -0.39 is 0 Å². The van der Waals surface area contributed by atoms with E-state index >= 15 is 0 Å². The first-order chi connectivity index (χ1) is 16.0. The Morgan fingerprint density at radius 3 is 2.52 bits per heavy atom. The standard InChI is InChI=1S/C28H28N2O2S/c1-19(2)17-30-26(32)24-25(29-27(30)33-18-23(31)20-10-4-3-5-11-20)22-13-7-6-12-21(22)16-28(24)14-8-9-15-28/h3-7,10-13H,1,8-9,14-18H2,2H3. The summed E-state index contributed by atoms with van der Waals surface area (Å²) in [5, 5.41) is 0.593. The molecule has 0 bridgehead atoms. The second-order valence-electron chi connectivity index (χ2n) is 9.37. The minimum Gasteiger partial charge on any atom is -0.293 e. The van der Waals surface area contributed by atoms with Gasteiger partial charge in [0.15, 0.2) is 10.9 Å². The van der Waals surface area contributed by atoms with E-state index in [1.165, 1.54) is 17.3 Å². The van der Waals surface area contributed by atoms with E-state index in [4.69, 9.17) is 4.98 Å². The van der Waals surface area contributed by atoms with Crippen LogP contribution in [0.15, 0.2) is 76.7 Å². The fourth-order valence-electron chi connectivity index (χ4n) is 5.40. The quantitative estimate of drug-likeness (QED) is 0.203. The molecular formula is C28H28N2O2S. The molecule has 2 aromatic carbocycles. The molecule has 33 heavy (non-hydrogen) atoms. The van der Waals surface area contributed by atoms with Crippen LogP contribution < -0.4 is 5.56 Å². The molecule has 1 heterocycles. The van der Waals surface area contributed by atoms with Crippen LogP contribution in [0.2, 0.25) is 0 Å². The fourth-order valence-corrected chi connectivity index (χ4v) is 6.29. The smallest absolute Gasteiger partial charge is 0.258 e. The van der Waals surface area contributed by atoms with Gasteiger partial charge in [-0.1, -0.05) is 91.4 Å². The van der Waals surface area contributed by atoms with Crippen LogP contribution >= 0.6 is 11.8 Å². The molecule has 3 aromatic rings. The van der Waals surface area contributed by atoms with Gasteiger partial charge in [-0.3, -0.25) is 14.2 Å². The second-order valence-corrected chi connectivity index (χ2v) is 10.3. The van der Waals surface area contributed by atoms with E-state index in [1.54, 1.807) is 4.57 Å². The summed E-state index contributed by atoms with van der Waals surface area (Å²) in [5.74, 6) is 0.264. The van der Waals surface area contributed by atoms with Crippen LogP contribution in [0.3, 0.4) is 0 Å². The number of hydrogen-bond acceptors (Lipinski definition) is 4. The predicted molar refractivity (Wildman–Crippen MR) is 134 cm³/mol. The molecule has 1 aromatic heterocycles. The molecule has 168 valence electrons. The second kappa shape index (κ2) is 8.79. The van der Waals surface area contributed by atoms with E-state index in [-0.39, 0.29) is 22.5 Å². The van der Waals surface area contributed by atoms with Gasteiger partial charge >= 0.3 is 0 Å². The largest absolute Gasteiger partial charge is 0.293 e. The lowest BCUT2D eigenvalue weighted by Gasteiger charge is -2.36. The van der Waals surface area contributed by atoms with Crippen molar-refractivity contribution >= 4 is 17.5 Å². The van der Waals surface area contributed by atoms with Gasteiger partial charge in [0.1, 0.15) is 0 Å². The molecule has 0 radical (unpaired) electrons. The molecule has 2 aliphatic carbocycles. The summed E-state index contributed by atoms with van der Waals surface area (Å²) in [6, 6.07) is 17.6.